The lowest BCUT2D eigenvalue weighted by Gasteiger charge is -2.35. The van der Waals surface area contributed by atoms with Gasteiger partial charge in [-0.05, 0) is 26.7 Å². The summed E-state index contributed by atoms with van der Waals surface area (Å²) >= 11 is 0. The van der Waals surface area contributed by atoms with Crippen LogP contribution in [0.15, 0.2) is 12.4 Å². The minimum absolute atomic E-state index is 0.239. The average Bonchev–Trinajstić information content (AvgIpc) is 3.20. The lowest BCUT2D eigenvalue weighted by Crippen LogP contribution is -2.46. The van der Waals surface area contributed by atoms with Crippen LogP contribution in [0.3, 0.4) is 0 Å². The molecule has 1 aliphatic heterocycles. The Balaban J connectivity index is 1.60. The number of nitrogens with one attached hydrogen (secondary N) is 1. The van der Waals surface area contributed by atoms with Crippen molar-refractivity contribution in [2.45, 2.75) is 51.5 Å². The SMILES string of the molecule is C[C@@H]1CN(c2ncc(CNC3CC3)cn2)C[C@H](C)O1. The van der Waals surface area contributed by atoms with Gasteiger partial charge in [0.25, 0.3) is 0 Å². The molecule has 3 rings (SSSR count). The highest BCUT2D eigenvalue weighted by Gasteiger charge is 2.24. The molecular weight excluding hydrogens is 240 g/mol. The third-order valence-electron chi connectivity index (χ3n) is 3.57. The van der Waals surface area contributed by atoms with Crippen LogP contribution in [-0.4, -0.2) is 41.3 Å². The van der Waals surface area contributed by atoms with Crippen molar-refractivity contribution in [2.24, 2.45) is 0 Å². The van der Waals surface area contributed by atoms with Crippen LogP contribution in [0.5, 0.6) is 0 Å². The van der Waals surface area contributed by atoms with E-state index in [0.29, 0.717) is 0 Å². The Bertz CT molecular complexity index is 408. The van der Waals surface area contributed by atoms with Gasteiger partial charge in [-0.25, -0.2) is 9.97 Å². The summed E-state index contributed by atoms with van der Waals surface area (Å²) in [6.07, 6.45) is 6.96. The van der Waals surface area contributed by atoms with Crippen LogP contribution in [-0.2, 0) is 11.3 Å². The fourth-order valence-electron chi connectivity index (χ4n) is 2.49. The van der Waals surface area contributed by atoms with Gasteiger partial charge in [-0.1, -0.05) is 0 Å². The topological polar surface area (TPSA) is 50.3 Å². The van der Waals surface area contributed by atoms with Crippen LogP contribution >= 0.6 is 0 Å². The number of hydrogen-bond acceptors (Lipinski definition) is 5. The number of rotatable bonds is 4. The maximum absolute atomic E-state index is 5.73. The van der Waals surface area contributed by atoms with E-state index in [-0.39, 0.29) is 12.2 Å². The first kappa shape index (κ1) is 12.8. The van der Waals surface area contributed by atoms with Crippen molar-refractivity contribution < 1.29 is 4.74 Å². The van der Waals surface area contributed by atoms with Gasteiger partial charge in [0.05, 0.1) is 12.2 Å². The number of morpholine rings is 1. The minimum Gasteiger partial charge on any atom is -0.372 e. The highest BCUT2D eigenvalue weighted by molar-refractivity contribution is 5.31. The van der Waals surface area contributed by atoms with E-state index >= 15 is 0 Å². The first-order valence-electron chi connectivity index (χ1n) is 7.15. The Morgan fingerprint density at radius 2 is 1.84 bits per heavy atom. The van der Waals surface area contributed by atoms with Gasteiger partial charge in [-0.15, -0.1) is 0 Å². The Labute approximate surface area is 114 Å². The summed E-state index contributed by atoms with van der Waals surface area (Å²) in [7, 11) is 0. The fraction of sp³-hybridized carbons (Fsp3) is 0.714. The van der Waals surface area contributed by atoms with Gasteiger partial charge in [0.15, 0.2) is 0 Å². The molecule has 0 radical (unpaired) electrons. The monoisotopic (exact) mass is 262 g/mol. The van der Waals surface area contributed by atoms with Crippen molar-refractivity contribution >= 4 is 5.95 Å². The fourth-order valence-corrected chi connectivity index (χ4v) is 2.49. The molecule has 1 aliphatic carbocycles. The first-order chi connectivity index (χ1) is 9.20. The number of nitrogens with zero attached hydrogens (tertiary/aromatic N) is 3. The Morgan fingerprint density at radius 3 is 2.42 bits per heavy atom. The molecule has 0 unspecified atom stereocenters. The summed E-state index contributed by atoms with van der Waals surface area (Å²) < 4.78 is 5.73. The molecule has 5 heteroatoms. The Morgan fingerprint density at radius 1 is 1.21 bits per heavy atom. The third-order valence-corrected chi connectivity index (χ3v) is 3.57. The summed E-state index contributed by atoms with van der Waals surface area (Å²) in [4.78, 5) is 11.2. The van der Waals surface area contributed by atoms with Crippen LogP contribution in [0.25, 0.3) is 0 Å². The zero-order valence-corrected chi connectivity index (χ0v) is 11.7. The highest BCUT2D eigenvalue weighted by atomic mass is 16.5. The molecule has 2 fully saturated rings. The van der Waals surface area contributed by atoms with E-state index in [2.05, 4.69) is 34.0 Å². The van der Waals surface area contributed by atoms with Crippen LogP contribution in [0.2, 0.25) is 0 Å². The molecule has 0 bridgehead atoms. The molecule has 0 amide bonds. The second-order valence-corrected chi connectivity index (χ2v) is 5.71. The quantitative estimate of drug-likeness (QED) is 0.887. The van der Waals surface area contributed by atoms with Crippen molar-refractivity contribution in [3.05, 3.63) is 18.0 Å². The predicted octanol–water partition coefficient (Wildman–Crippen LogP) is 1.34. The standard InChI is InChI=1S/C14H22N4O/c1-10-8-18(9-11(2)19-10)14-16-6-12(7-17-14)5-15-13-3-4-13/h6-7,10-11,13,15H,3-5,8-9H2,1-2H3/t10-,11+. The molecule has 2 aliphatic rings. The largest absolute Gasteiger partial charge is 0.372 e. The molecule has 2 heterocycles. The summed E-state index contributed by atoms with van der Waals surface area (Å²) in [5.74, 6) is 0.817. The molecule has 0 spiro atoms. The van der Waals surface area contributed by atoms with Crippen LogP contribution < -0.4 is 10.2 Å². The van der Waals surface area contributed by atoms with Crippen molar-refractivity contribution in [3.8, 4) is 0 Å². The predicted molar refractivity (Wildman–Crippen MR) is 74.1 cm³/mol. The number of anilines is 1. The van der Waals surface area contributed by atoms with Crippen molar-refractivity contribution in [1.82, 2.24) is 15.3 Å². The summed E-state index contributed by atoms with van der Waals surface area (Å²) in [5, 5.41) is 3.47. The Kier molecular flexibility index (Phi) is 3.66. The smallest absolute Gasteiger partial charge is 0.225 e. The van der Waals surface area contributed by atoms with Crippen LogP contribution in [0.1, 0.15) is 32.3 Å². The second-order valence-electron chi connectivity index (χ2n) is 5.71. The van der Waals surface area contributed by atoms with Crippen LogP contribution in [0.4, 0.5) is 5.95 Å². The van der Waals surface area contributed by atoms with Gasteiger partial charge >= 0.3 is 0 Å². The molecular formula is C14H22N4O. The maximum atomic E-state index is 5.73. The second kappa shape index (κ2) is 5.43. The van der Waals surface area contributed by atoms with Gasteiger partial charge < -0.3 is 15.0 Å². The van der Waals surface area contributed by atoms with Gasteiger partial charge in [-0.2, -0.15) is 0 Å². The minimum atomic E-state index is 0.239. The molecule has 1 saturated heterocycles. The molecule has 1 N–H and O–H groups in total. The highest BCUT2D eigenvalue weighted by Crippen LogP contribution is 2.19. The molecule has 2 atom stereocenters. The number of hydrogen-bond donors (Lipinski definition) is 1. The van der Waals surface area contributed by atoms with E-state index < -0.39 is 0 Å². The molecule has 1 aromatic heterocycles. The lowest BCUT2D eigenvalue weighted by atomic mass is 10.2. The normalized spacial score (nSPS) is 27.6. The zero-order chi connectivity index (χ0) is 13.2. The van der Waals surface area contributed by atoms with Crippen molar-refractivity contribution in [1.29, 1.82) is 0 Å². The zero-order valence-electron chi connectivity index (χ0n) is 11.7. The number of aromatic nitrogens is 2. The van der Waals surface area contributed by atoms with Crippen molar-refractivity contribution in [2.75, 3.05) is 18.0 Å². The van der Waals surface area contributed by atoms with Crippen molar-refractivity contribution in [3.63, 3.8) is 0 Å². The van der Waals surface area contributed by atoms with E-state index in [4.69, 9.17) is 4.74 Å². The van der Waals surface area contributed by atoms with E-state index in [1.807, 2.05) is 12.4 Å². The van der Waals surface area contributed by atoms with E-state index in [1.54, 1.807) is 0 Å². The first-order valence-corrected chi connectivity index (χ1v) is 7.15. The van der Waals surface area contributed by atoms with Gasteiger partial charge in [0.1, 0.15) is 0 Å². The molecule has 5 nitrogen and oxygen atoms in total. The lowest BCUT2D eigenvalue weighted by molar-refractivity contribution is -0.00572. The molecule has 1 saturated carbocycles. The van der Waals surface area contributed by atoms with E-state index in [1.165, 1.54) is 12.8 Å². The molecule has 1 aromatic rings. The van der Waals surface area contributed by atoms with Gasteiger partial charge in [0, 0.05) is 43.6 Å². The van der Waals surface area contributed by atoms with E-state index in [9.17, 15) is 0 Å². The summed E-state index contributed by atoms with van der Waals surface area (Å²) in [5.41, 5.74) is 1.16. The molecule has 104 valence electrons. The average molecular weight is 262 g/mol. The summed E-state index contributed by atoms with van der Waals surface area (Å²) in [6, 6.07) is 0.723. The van der Waals surface area contributed by atoms with E-state index in [0.717, 1.165) is 37.2 Å². The van der Waals surface area contributed by atoms with Crippen LogP contribution in [0, 0.1) is 0 Å². The molecule has 0 aromatic carbocycles. The van der Waals surface area contributed by atoms with Gasteiger partial charge in [0.2, 0.25) is 5.95 Å². The van der Waals surface area contributed by atoms with Gasteiger partial charge in [-0.3, -0.25) is 0 Å². The third kappa shape index (κ3) is 3.42. The maximum Gasteiger partial charge on any atom is 0.225 e. The summed E-state index contributed by atoms with van der Waals surface area (Å²) in [6.45, 7) is 6.79. The Hall–Kier alpha value is -1.20. The molecule has 19 heavy (non-hydrogen) atoms. The number of ether oxygens (including phenoxy) is 1.